The summed E-state index contributed by atoms with van der Waals surface area (Å²) in [6.45, 7) is -0.339. The van der Waals surface area contributed by atoms with E-state index < -0.39 is 21.9 Å². The van der Waals surface area contributed by atoms with Crippen molar-refractivity contribution in [3.05, 3.63) is 54.1 Å². The number of hydrogen-bond acceptors (Lipinski definition) is 6. The second-order valence-electron chi connectivity index (χ2n) is 5.02. The molecule has 0 aliphatic carbocycles. The molecule has 0 radical (unpaired) electrons. The van der Waals surface area contributed by atoms with E-state index in [4.69, 9.17) is 5.73 Å². The number of hydrogen-bond donors (Lipinski definition) is 3. The molecule has 0 spiro atoms. The monoisotopic (exact) mass is 363 g/mol. The third kappa shape index (κ3) is 4.95. The van der Waals surface area contributed by atoms with Crippen LogP contribution in [0.3, 0.4) is 0 Å². The summed E-state index contributed by atoms with van der Waals surface area (Å²) in [6.07, 6.45) is 0. The molecule has 25 heavy (non-hydrogen) atoms. The van der Waals surface area contributed by atoms with Crippen molar-refractivity contribution in [3.8, 4) is 0 Å². The minimum Gasteiger partial charge on any atom is -0.468 e. The van der Waals surface area contributed by atoms with Gasteiger partial charge in [0.25, 0.3) is 15.9 Å². The summed E-state index contributed by atoms with van der Waals surface area (Å²) in [4.78, 5) is 23.0. The van der Waals surface area contributed by atoms with Gasteiger partial charge in [0, 0.05) is 16.9 Å². The van der Waals surface area contributed by atoms with Crippen LogP contribution < -0.4 is 15.8 Å². The van der Waals surface area contributed by atoms with Gasteiger partial charge in [0.2, 0.25) is 0 Å². The van der Waals surface area contributed by atoms with Crippen LogP contribution in [0.25, 0.3) is 0 Å². The Kier molecular flexibility index (Phi) is 5.60. The first-order chi connectivity index (χ1) is 11.8. The van der Waals surface area contributed by atoms with E-state index >= 15 is 0 Å². The summed E-state index contributed by atoms with van der Waals surface area (Å²) < 4.78 is 31.8. The second-order valence-corrected chi connectivity index (χ2v) is 6.70. The maximum Gasteiger partial charge on any atom is 0.325 e. The number of benzene rings is 2. The number of sulfonamides is 1. The number of amides is 1. The zero-order valence-corrected chi connectivity index (χ0v) is 14.2. The normalized spacial score (nSPS) is 10.8. The Bertz CT molecular complexity index is 882. The molecule has 2 aromatic rings. The lowest BCUT2D eigenvalue weighted by molar-refractivity contribution is -0.139. The molecular weight excluding hydrogens is 346 g/mol. The fourth-order valence-corrected chi connectivity index (χ4v) is 3.09. The zero-order chi connectivity index (χ0) is 18.4. The Morgan fingerprint density at radius 2 is 1.80 bits per heavy atom. The number of anilines is 2. The van der Waals surface area contributed by atoms with Crippen LogP contribution in [0.4, 0.5) is 11.4 Å². The largest absolute Gasteiger partial charge is 0.468 e. The molecule has 0 bridgehead atoms. The number of carbonyl (C=O) groups excluding carboxylic acids is 2. The molecule has 0 fully saturated rings. The highest BCUT2D eigenvalue weighted by molar-refractivity contribution is 7.92. The predicted octanol–water partition coefficient (Wildman–Crippen LogP) is 0.972. The maximum absolute atomic E-state index is 12.5. The number of esters is 1. The van der Waals surface area contributed by atoms with E-state index in [2.05, 4.69) is 14.8 Å². The molecule has 0 heterocycles. The number of nitrogen functional groups attached to an aromatic ring is 1. The van der Waals surface area contributed by atoms with Gasteiger partial charge in [0.15, 0.2) is 0 Å². The average Bonchev–Trinajstić information content (AvgIpc) is 2.59. The van der Waals surface area contributed by atoms with Gasteiger partial charge in [-0.05, 0) is 30.3 Å². The van der Waals surface area contributed by atoms with Gasteiger partial charge in [-0.25, -0.2) is 8.42 Å². The van der Waals surface area contributed by atoms with Gasteiger partial charge < -0.3 is 15.8 Å². The van der Waals surface area contributed by atoms with E-state index in [9.17, 15) is 18.0 Å². The van der Waals surface area contributed by atoms with Gasteiger partial charge in [-0.3, -0.25) is 14.3 Å². The Labute approximate surface area is 145 Å². The van der Waals surface area contributed by atoms with E-state index in [0.717, 1.165) is 0 Å². The zero-order valence-electron chi connectivity index (χ0n) is 13.4. The number of nitrogens with one attached hydrogen (secondary N) is 2. The summed E-state index contributed by atoms with van der Waals surface area (Å²) in [6, 6.07) is 12.0. The maximum atomic E-state index is 12.5. The van der Waals surface area contributed by atoms with Crippen LogP contribution in [0.5, 0.6) is 0 Å². The van der Waals surface area contributed by atoms with Crippen molar-refractivity contribution in [3.63, 3.8) is 0 Å². The highest BCUT2D eigenvalue weighted by atomic mass is 32.2. The van der Waals surface area contributed by atoms with E-state index in [1.54, 1.807) is 30.3 Å². The molecule has 9 heteroatoms. The number of carbonyl (C=O) groups is 2. The highest BCUT2D eigenvalue weighted by Gasteiger charge is 2.18. The molecule has 2 aromatic carbocycles. The van der Waals surface area contributed by atoms with Crippen LogP contribution in [0, 0.1) is 0 Å². The number of nitrogens with two attached hydrogens (primary N) is 1. The van der Waals surface area contributed by atoms with Crippen molar-refractivity contribution >= 4 is 33.3 Å². The summed E-state index contributed by atoms with van der Waals surface area (Å²) in [5.74, 6) is -1.27. The minimum atomic E-state index is -3.93. The van der Waals surface area contributed by atoms with Crippen LogP contribution in [0.1, 0.15) is 10.4 Å². The van der Waals surface area contributed by atoms with Gasteiger partial charge in [0.05, 0.1) is 12.0 Å². The lowest BCUT2D eigenvalue weighted by atomic mass is 10.2. The molecule has 132 valence electrons. The average molecular weight is 363 g/mol. The van der Waals surface area contributed by atoms with Crippen LogP contribution in [-0.4, -0.2) is 33.9 Å². The molecule has 2 rings (SSSR count). The summed E-state index contributed by atoms with van der Waals surface area (Å²) in [5, 5.41) is 2.32. The van der Waals surface area contributed by atoms with E-state index in [1.807, 2.05) is 0 Å². The second kappa shape index (κ2) is 7.67. The molecular formula is C16H17N3O5S. The quantitative estimate of drug-likeness (QED) is 0.518. The standard InChI is InChI=1S/C16H17N3O5S/c1-24-15(20)10-18-16(21)11-7-12(17)9-14(8-11)25(22,23)19-13-5-3-2-4-6-13/h2-9,19H,10,17H2,1H3,(H,18,21). The summed E-state index contributed by atoms with van der Waals surface area (Å²) in [7, 11) is -2.74. The van der Waals surface area contributed by atoms with Crippen LogP contribution in [0.15, 0.2) is 53.4 Å². The first-order valence-corrected chi connectivity index (χ1v) is 8.63. The van der Waals surface area contributed by atoms with Gasteiger partial charge in [-0.1, -0.05) is 18.2 Å². The number of ether oxygens (including phenoxy) is 1. The van der Waals surface area contributed by atoms with Gasteiger partial charge in [-0.2, -0.15) is 0 Å². The summed E-state index contributed by atoms with van der Waals surface area (Å²) >= 11 is 0. The van der Waals surface area contributed by atoms with Crippen molar-refractivity contribution in [1.82, 2.24) is 5.32 Å². The molecule has 0 saturated heterocycles. The van der Waals surface area contributed by atoms with Gasteiger partial charge in [-0.15, -0.1) is 0 Å². The fourth-order valence-electron chi connectivity index (χ4n) is 1.96. The van der Waals surface area contributed by atoms with Crippen molar-refractivity contribution in [2.24, 2.45) is 0 Å². The molecule has 0 aliphatic rings. The third-order valence-electron chi connectivity index (χ3n) is 3.15. The van der Waals surface area contributed by atoms with Gasteiger partial charge >= 0.3 is 5.97 Å². The van der Waals surface area contributed by atoms with Gasteiger partial charge in [0.1, 0.15) is 6.54 Å². The number of para-hydroxylation sites is 1. The van der Waals surface area contributed by atoms with Crippen molar-refractivity contribution < 1.29 is 22.7 Å². The Morgan fingerprint density at radius 1 is 1.12 bits per heavy atom. The predicted molar refractivity (Wildman–Crippen MR) is 92.5 cm³/mol. The Hall–Kier alpha value is -3.07. The third-order valence-corrected chi connectivity index (χ3v) is 4.51. The fraction of sp³-hybridized carbons (Fsp3) is 0.125. The lowest BCUT2D eigenvalue weighted by Crippen LogP contribution is -2.30. The Balaban J connectivity index is 2.25. The molecule has 0 aliphatic heterocycles. The molecule has 0 atom stereocenters. The van der Waals surface area contributed by atoms with E-state index in [1.165, 1.54) is 25.3 Å². The highest BCUT2D eigenvalue weighted by Crippen LogP contribution is 2.20. The number of methoxy groups -OCH3 is 1. The van der Waals surface area contributed by atoms with Crippen molar-refractivity contribution in [1.29, 1.82) is 0 Å². The Morgan fingerprint density at radius 3 is 2.44 bits per heavy atom. The van der Waals surface area contributed by atoms with Crippen LogP contribution >= 0.6 is 0 Å². The first-order valence-electron chi connectivity index (χ1n) is 7.15. The minimum absolute atomic E-state index is 0.0114. The molecule has 1 amide bonds. The summed E-state index contributed by atoms with van der Waals surface area (Å²) in [5.41, 5.74) is 6.19. The van der Waals surface area contributed by atoms with Crippen molar-refractivity contribution in [2.75, 3.05) is 24.1 Å². The molecule has 8 nitrogen and oxygen atoms in total. The van der Waals surface area contributed by atoms with Crippen molar-refractivity contribution in [2.45, 2.75) is 4.90 Å². The van der Waals surface area contributed by atoms with Crippen LogP contribution in [-0.2, 0) is 19.6 Å². The smallest absolute Gasteiger partial charge is 0.325 e. The lowest BCUT2D eigenvalue weighted by Gasteiger charge is -2.11. The molecule has 0 saturated carbocycles. The van der Waals surface area contributed by atoms with Crippen LogP contribution in [0.2, 0.25) is 0 Å². The molecule has 0 aromatic heterocycles. The van der Waals surface area contributed by atoms with E-state index in [-0.39, 0.29) is 22.7 Å². The first kappa shape index (κ1) is 18.3. The molecule has 0 unspecified atom stereocenters. The molecule has 4 N–H and O–H groups in total. The number of rotatable bonds is 6. The van der Waals surface area contributed by atoms with E-state index in [0.29, 0.717) is 5.69 Å². The SMILES string of the molecule is COC(=O)CNC(=O)c1cc(N)cc(S(=O)(=O)Nc2ccccc2)c1. The topological polar surface area (TPSA) is 128 Å².